The van der Waals surface area contributed by atoms with Crippen LogP contribution in [0.2, 0.25) is 0 Å². The van der Waals surface area contributed by atoms with Crippen LogP contribution in [0.25, 0.3) is 10.9 Å². The molecule has 0 bridgehead atoms. The molecule has 0 aliphatic carbocycles. The number of carbonyl (C=O) groups excluding carboxylic acids is 1. The van der Waals surface area contributed by atoms with Gasteiger partial charge in [0.05, 0.1) is 24.5 Å². The summed E-state index contributed by atoms with van der Waals surface area (Å²) in [5.74, 6) is 0.744. The number of rotatable bonds is 2. The molecule has 1 heterocycles. The molecular formula is C15H18N2O3. The highest BCUT2D eigenvalue weighted by molar-refractivity contribution is 5.89. The van der Waals surface area contributed by atoms with Gasteiger partial charge in [-0.05, 0) is 45.0 Å². The molecule has 0 unspecified atom stereocenters. The molecule has 20 heavy (non-hydrogen) atoms. The third-order valence-corrected chi connectivity index (χ3v) is 2.53. The molecule has 5 heteroatoms. The van der Waals surface area contributed by atoms with E-state index < -0.39 is 11.7 Å². The molecule has 1 N–H and O–H groups in total. The number of nitrogens with zero attached hydrogens (tertiary/aromatic N) is 1. The number of nitrogens with one attached hydrogen (secondary N) is 1. The standard InChI is InChI=1S/C15H18N2O3/c1-15(2,3)20-14(18)17-11-7-10-8-12(19-4)5-6-13(10)16-9-11/h5-9H,1-4H3,(H,17,18). The second-order valence-electron chi connectivity index (χ2n) is 5.41. The van der Waals surface area contributed by atoms with Crippen LogP contribution >= 0.6 is 0 Å². The maximum atomic E-state index is 11.7. The maximum Gasteiger partial charge on any atom is 0.412 e. The molecule has 106 valence electrons. The van der Waals surface area contributed by atoms with Crippen molar-refractivity contribution in [3.63, 3.8) is 0 Å². The lowest BCUT2D eigenvalue weighted by Crippen LogP contribution is -2.27. The lowest BCUT2D eigenvalue weighted by Gasteiger charge is -2.19. The van der Waals surface area contributed by atoms with Crippen molar-refractivity contribution in [2.45, 2.75) is 26.4 Å². The van der Waals surface area contributed by atoms with Crippen molar-refractivity contribution in [2.24, 2.45) is 0 Å². The zero-order chi connectivity index (χ0) is 14.8. The fraction of sp³-hybridized carbons (Fsp3) is 0.333. The van der Waals surface area contributed by atoms with Gasteiger partial charge < -0.3 is 9.47 Å². The topological polar surface area (TPSA) is 60.5 Å². The summed E-state index contributed by atoms with van der Waals surface area (Å²) in [6, 6.07) is 7.40. The molecular weight excluding hydrogens is 256 g/mol. The number of ether oxygens (including phenoxy) is 2. The lowest BCUT2D eigenvalue weighted by atomic mass is 10.2. The second kappa shape index (κ2) is 5.36. The Labute approximate surface area is 117 Å². The first-order valence-corrected chi connectivity index (χ1v) is 6.31. The SMILES string of the molecule is COc1ccc2ncc(NC(=O)OC(C)(C)C)cc2c1. The molecule has 1 aromatic carbocycles. The van der Waals surface area contributed by atoms with Crippen molar-refractivity contribution in [3.8, 4) is 5.75 Å². The van der Waals surface area contributed by atoms with Crippen LogP contribution in [-0.2, 0) is 4.74 Å². The number of methoxy groups -OCH3 is 1. The Morgan fingerprint density at radius 1 is 1.25 bits per heavy atom. The van der Waals surface area contributed by atoms with Gasteiger partial charge in [-0.25, -0.2) is 4.79 Å². The summed E-state index contributed by atoms with van der Waals surface area (Å²) in [6.45, 7) is 5.45. The predicted octanol–water partition coefficient (Wildman–Crippen LogP) is 3.59. The fourth-order valence-corrected chi connectivity index (χ4v) is 1.73. The van der Waals surface area contributed by atoms with E-state index in [1.54, 1.807) is 13.3 Å². The first kappa shape index (κ1) is 14.1. The van der Waals surface area contributed by atoms with Crippen molar-refractivity contribution < 1.29 is 14.3 Å². The Morgan fingerprint density at radius 3 is 2.65 bits per heavy atom. The van der Waals surface area contributed by atoms with Crippen molar-refractivity contribution in [3.05, 3.63) is 30.5 Å². The average molecular weight is 274 g/mol. The van der Waals surface area contributed by atoms with Gasteiger partial charge in [0.1, 0.15) is 11.4 Å². The van der Waals surface area contributed by atoms with E-state index in [0.29, 0.717) is 5.69 Å². The van der Waals surface area contributed by atoms with Crippen molar-refractivity contribution in [2.75, 3.05) is 12.4 Å². The van der Waals surface area contributed by atoms with Crippen molar-refractivity contribution in [1.82, 2.24) is 4.98 Å². The molecule has 0 fully saturated rings. The van der Waals surface area contributed by atoms with Crippen LogP contribution in [0.3, 0.4) is 0 Å². The van der Waals surface area contributed by atoms with Crippen molar-refractivity contribution >= 4 is 22.7 Å². The third-order valence-electron chi connectivity index (χ3n) is 2.53. The highest BCUT2D eigenvalue weighted by atomic mass is 16.6. The number of fused-ring (bicyclic) bond motifs is 1. The Kier molecular flexibility index (Phi) is 3.79. The van der Waals surface area contributed by atoms with Crippen LogP contribution in [0.1, 0.15) is 20.8 Å². The number of amides is 1. The van der Waals surface area contributed by atoms with Gasteiger partial charge in [-0.3, -0.25) is 10.3 Å². The minimum absolute atomic E-state index is 0.499. The van der Waals surface area contributed by atoms with Gasteiger partial charge in [-0.2, -0.15) is 0 Å². The number of hydrogen-bond acceptors (Lipinski definition) is 4. The normalized spacial score (nSPS) is 11.2. The van der Waals surface area contributed by atoms with Crippen LogP contribution in [0.5, 0.6) is 5.75 Å². The van der Waals surface area contributed by atoms with E-state index in [1.807, 2.05) is 45.0 Å². The molecule has 1 amide bonds. The zero-order valence-corrected chi connectivity index (χ0v) is 12.1. The van der Waals surface area contributed by atoms with E-state index in [9.17, 15) is 4.79 Å². The molecule has 0 aliphatic rings. The molecule has 2 rings (SSSR count). The largest absolute Gasteiger partial charge is 0.497 e. The molecule has 1 aromatic heterocycles. The van der Waals surface area contributed by atoms with Crippen LogP contribution < -0.4 is 10.1 Å². The number of anilines is 1. The summed E-state index contributed by atoms with van der Waals surface area (Å²) in [7, 11) is 1.61. The van der Waals surface area contributed by atoms with E-state index >= 15 is 0 Å². The minimum Gasteiger partial charge on any atom is -0.497 e. The van der Waals surface area contributed by atoms with Gasteiger partial charge in [0.15, 0.2) is 0 Å². The summed E-state index contributed by atoms with van der Waals surface area (Å²) >= 11 is 0. The van der Waals surface area contributed by atoms with E-state index in [-0.39, 0.29) is 0 Å². The van der Waals surface area contributed by atoms with Crippen LogP contribution in [0.4, 0.5) is 10.5 Å². The highest BCUT2D eigenvalue weighted by Gasteiger charge is 2.16. The van der Waals surface area contributed by atoms with Gasteiger partial charge in [0.2, 0.25) is 0 Å². The number of hydrogen-bond donors (Lipinski definition) is 1. The Bertz CT molecular complexity index is 633. The summed E-state index contributed by atoms with van der Waals surface area (Å²) in [4.78, 5) is 16.0. The molecule has 2 aromatic rings. The molecule has 0 spiro atoms. The van der Waals surface area contributed by atoms with Gasteiger partial charge in [0, 0.05) is 5.39 Å². The number of pyridine rings is 1. The van der Waals surface area contributed by atoms with E-state index in [2.05, 4.69) is 10.3 Å². The monoisotopic (exact) mass is 274 g/mol. The molecule has 0 radical (unpaired) electrons. The molecule has 0 atom stereocenters. The van der Waals surface area contributed by atoms with Gasteiger partial charge in [-0.1, -0.05) is 0 Å². The number of carbonyl (C=O) groups is 1. The van der Waals surface area contributed by atoms with E-state index in [0.717, 1.165) is 16.7 Å². The molecule has 0 saturated heterocycles. The molecule has 5 nitrogen and oxygen atoms in total. The van der Waals surface area contributed by atoms with Crippen LogP contribution in [-0.4, -0.2) is 23.8 Å². The Balaban J connectivity index is 2.20. The fourth-order valence-electron chi connectivity index (χ4n) is 1.73. The quantitative estimate of drug-likeness (QED) is 0.909. The Hall–Kier alpha value is -2.30. The minimum atomic E-state index is -0.530. The smallest absolute Gasteiger partial charge is 0.412 e. The first-order chi connectivity index (χ1) is 9.37. The van der Waals surface area contributed by atoms with Gasteiger partial charge in [-0.15, -0.1) is 0 Å². The summed E-state index contributed by atoms with van der Waals surface area (Å²) in [6.07, 6.45) is 1.10. The predicted molar refractivity (Wildman–Crippen MR) is 78.2 cm³/mol. The van der Waals surface area contributed by atoms with E-state index in [4.69, 9.17) is 9.47 Å². The van der Waals surface area contributed by atoms with Crippen LogP contribution in [0, 0.1) is 0 Å². The zero-order valence-electron chi connectivity index (χ0n) is 12.1. The summed E-state index contributed by atoms with van der Waals surface area (Å²) in [5, 5.41) is 3.55. The Morgan fingerprint density at radius 2 is 2.00 bits per heavy atom. The third kappa shape index (κ3) is 3.60. The van der Waals surface area contributed by atoms with Crippen molar-refractivity contribution in [1.29, 1.82) is 0 Å². The summed E-state index contributed by atoms with van der Waals surface area (Å²) < 4.78 is 10.4. The van der Waals surface area contributed by atoms with Gasteiger partial charge >= 0.3 is 6.09 Å². The molecule has 0 saturated carbocycles. The molecule has 0 aliphatic heterocycles. The van der Waals surface area contributed by atoms with Crippen LogP contribution in [0.15, 0.2) is 30.5 Å². The average Bonchev–Trinajstić information content (AvgIpc) is 2.35. The highest BCUT2D eigenvalue weighted by Crippen LogP contribution is 2.22. The maximum absolute atomic E-state index is 11.7. The number of benzene rings is 1. The number of aromatic nitrogens is 1. The van der Waals surface area contributed by atoms with E-state index in [1.165, 1.54) is 0 Å². The first-order valence-electron chi connectivity index (χ1n) is 6.31. The second-order valence-corrected chi connectivity index (χ2v) is 5.41. The summed E-state index contributed by atoms with van der Waals surface area (Å²) in [5.41, 5.74) is 0.887. The van der Waals surface area contributed by atoms with Gasteiger partial charge in [0.25, 0.3) is 0 Å². The lowest BCUT2D eigenvalue weighted by molar-refractivity contribution is 0.0636.